The van der Waals surface area contributed by atoms with Gasteiger partial charge in [0.25, 0.3) is 5.91 Å². The van der Waals surface area contributed by atoms with E-state index in [4.69, 9.17) is 0 Å². The van der Waals surface area contributed by atoms with Gasteiger partial charge in [0.15, 0.2) is 0 Å². The van der Waals surface area contributed by atoms with E-state index in [0.29, 0.717) is 18.5 Å². The molecule has 0 fully saturated rings. The van der Waals surface area contributed by atoms with E-state index in [1.54, 1.807) is 18.3 Å². The second-order valence-corrected chi connectivity index (χ2v) is 7.73. The molecule has 156 valence electrons. The molecule has 6 heteroatoms. The minimum Gasteiger partial charge on any atom is -0.354 e. The van der Waals surface area contributed by atoms with Crippen LogP contribution in [0.1, 0.15) is 35.3 Å². The summed E-state index contributed by atoms with van der Waals surface area (Å²) in [7, 11) is 0. The molecule has 0 bridgehead atoms. The third-order valence-electron chi connectivity index (χ3n) is 4.92. The molecule has 3 rings (SSSR count). The molecular formula is C24H28N4O2. The summed E-state index contributed by atoms with van der Waals surface area (Å²) in [6, 6.07) is 16.6. The lowest BCUT2D eigenvalue weighted by molar-refractivity contribution is -0.123. The van der Waals surface area contributed by atoms with Crippen molar-refractivity contribution < 1.29 is 9.59 Å². The second kappa shape index (κ2) is 9.87. The Morgan fingerprint density at radius 3 is 2.40 bits per heavy atom. The summed E-state index contributed by atoms with van der Waals surface area (Å²) >= 11 is 0. The van der Waals surface area contributed by atoms with Crippen molar-refractivity contribution in [2.24, 2.45) is 5.92 Å². The van der Waals surface area contributed by atoms with E-state index in [1.807, 2.05) is 74.1 Å². The van der Waals surface area contributed by atoms with E-state index >= 15 is 0 Å². The Morgan fingerprint density at radius 2 is 1.73 bits per heavy atom. The molecule has 2 amide bonds. The molecule has 0 radical (unpaired) electrons. The SMILES string of the molecule is Cc1ccc(C(=O)N[C@H](C(=O)NCCc2cnn(-c3ccccc3)c2)C(C)C)cc1. The van der Waals surface area contributed by atoms with Gasteiger partial charge in [0.1, 0.15) is 6.04 Å². The third kappa shape index (κ3) is 5.56. The highest BCUT2D eigenvalue weighted by atomic mass is 16.2. The summed E-state index contributed by atoms with van der Waals surface area (Å²) in [5, 5.41) is 10.2. The molecule has 1 atom stereocenters. The van der Waals surface area contributed by atoms with Gasteiger partial charge in [0.2, 0.25) is 5.91 Å². The van der Waals surface area contributed by atoms with Crippen molar-refractivity contribution in [1.29, 1.82) is 0 Å². The quantitative estimate of drug-likeness (QED) is 0.605. The summed E-state index contributed by atoms with van der Waals surface area (Å²) in [5.74, 6) is -0.450. The van der Waals surface area contributed by atoms with Gasteiger partial charge in [-0.25, -0.2) is 4.68 Å². The van der Waals surface area contributed by atoms with Crippen molar-refractivity contribution in [3.63, 3.8) is 0 Å². The van der Waals surface area contributed by atoms with Crippen molar-refractivity contribution in [2.75, 3.05) is 6.54 Å². The van der Waals surface area contributed by atoms with Crippen LogP contribution in [-0.2, 0) is 11.2 Å². The fourth-order valence-corrected chi connectivity index (χ4v) is 3.12. The Morgan fingerprint density at radius 1 is 1.03 bits per heavy atom. The summed E-state index contributed by atoms with van der Waals surface area (Å²) in [6.45, 7) is 6.28. The number of hydrogen-bond donors (Lipinski definition) is 2. The average molecular weight is 405 g/mol. The van der Waals surface area contributed by atoms with Gasteiger partial charge in [-0.05, 0) is 49.1 Å². The topological polar surface area (TPSA) is 76.0 Å². The van der Waals surface area contributed by atoms with Gasteiger partial charge in [-0.3, -0.25) is 9.59 Å². The van der Waals surface area contributed by atoms with E-state index in [1.165, 1.54) is 0 Å². The first kappa shape index (κ1) is 21.3. The molecule has 0 saturated heterocycles. The van der Waals surface area contributed by atoms with Gasteiger partial charge in [0.05, 0.1) is 11.9 Å². The lowest BCUT2D eigenvalue weighted by atomic mass is 10.0. The van der Waals surface area contributed by atoms with Crippen LogP contribution in [0.3, 0.4) is 0 Å². The Labute approximate surface area is 177 Å². The zero-order chi connectivity index (χ0) is 21.5. The number of hydrogen-bond acceptors (Lipinski definition) is 3. The van der Waals surface area contributed by atoms with Gasteiger partial charge < -0.3 is 10.6 Å². The first-order valence-corrected chi connectivity index (χ1v) is 10.2. The molecule has 0 unspecified atom stereocenters. The molecule has 0 aliphatic rings. The predicted molar refractivity (Wildman–Crippen MR) is 118 cm³/mol. The van der Waals surface area contributed by atoms with Gasteiger partial charge in [-0.15, -0.1) is 0 Å². The van der Waals surface area contributed by atoms with Crippen LogP contribution in [0.5, 0.6) is 0 Å². The zero-order valence-electron chi connectivity index (χ0n) is 17.6. The third-order valence-corrected chi connectivity index (χ3v) is 4.92. The molecule has 0 aliphatic carbocycles. The summed E-state index contributed by atoms with van der Waals surface area (Å²) < 4.78 is 1.82. The lowest BCUT2D eigenvalue weighted by Crippen LogP contribution is -2.50. The maximum absolute atomic E-state index is 12.7. The van der Waals surface area contributed by atoms with Crippen LogP contribution in [0.15, 0.2) is 67.0 Å². The highest BCUT2D eigenvalue weighted by molar-refractivity contribution is 5.97. The summed E-state index contributed by atoms with van der Waals surface area (Å²) in [4.78, 5) is 25.2. The van der Waals surface area contributed by atoms with Crippen LogP contribution < -0.4 is 10.6 Å². The maximum Gasteiger partial charge on any atom is 0.251 e. The number of nitrogens with zero attached hydrogens (tertiary/aromatic N) is 2. The Hall–Kier alpha value is -3.41. The number of benzene rings is 2. The van der Waals surface area contributed by atoms with Crippen molar-refractivity contribution in [3.8, 4) is 5.69 Å². The number of amides is 2. The lowest BCUT2D eigenvalue weighted by Gasteiger charge is -2.21. The van der Waals surface area contributed by atoms with Crippen LogP contribution >= 0.6 is 0 Å². The number of nitrogens with one attached hydrogen (secondary N) is 2. The number of aryl methyl sites for hydroxylation is 1. The van der Waals surface area contributed by atoms with Crippen molar-refractivity contribution in [1.82, 2.24) is 20.4 Å². The minimum absolute atomic E-state index is 0.0276. The minimum atomic E-state index is -0.592. The van der Waals surface area contributed by atoms with E-state index in [9.17, 15) is 9.59 Å². The van der Waals surface area contributed by atoms with Crippen LogP contribution in [0.2, 0.25) is 0 Å². The summed E-state index contributed by atoms with van der Waals surface area (Å²) in [6.07, 6.45) is 4.42. The highest BCUT2D eigenvalue weighted by Gasteiger charge is 2.24. The molecule has 30 heavy (non-hydrogen) atoms. The smallest absolute Gasteiger partial charge is 0.251 e. The molecule has 0 spiro atoms. The molecule has 3 aromatic rings. The maximum atomic E-state index is 12.7. The fraction of sp³-hybridized carbons (Fsp3) is 0.292. The number of para-hydroxylation sites is 1. The van der Waals surface area contributed by atoms with E-state index in [-0.39, 0.29) is 17.7 Å². The Balaban J connectivity index is 1.53. The van der Waals surface area contributed by atoms with Gasteiger partial charge >= 0.3 is 0 Å². The van der Waals surface area contributed by atoms with Crippen LogP contribution in [-0.4, -0.2) is 34.2 Å². The highest BCUT2D eigenvalue weighted by Crippen LogP contribution is 2.09. The predicted octanol–water partition coefficient (Wildman–Crippen LogP) is 3.29. The number of rotatable bonds is 8. The fourth-order valence-electron chi connectivity index (χ4n) is 3.12. The van der Waals surface area contributed by atoms with Gasteiger partial charge in [0, 0.05) is 18.3 Å². The first-order chi connectivity index (χ1) is 14.4. The largest absolute Gasteiger partial charge is 0.354 e. The number of carbonyl (C=O) groups is 2. The van der Waals surface area contributed by atoms with Crippen LogP contribution in [0.4, 0.5) is 0 Å². The molecule has 2 aromatic carbocycles. The van der Waals surface area contributed by atoms with Gasteiger partial charge in [-0.2, -0.15) is 5.10 Å². The number of aromatic nitrogens is 2. The molecule has 0 saturated carbocycles. The monoisotopic (exact) mass is 404 g/mol. The van der Waals surface area contributed by atoms with Crippen molar-refractivity contribution in [2.45, 2.75) is 33.2 Å². The summed E-state index contributed by atoms with van der Waals surface area (Å²) in [5.41, 5.74) is 3.66. The molecule has 6 nitrogen and oxygen atoms in total. The molecule has 1 heterocycles. The van der Waals surface area contributed by atoms with Crippen LogP contribution in [0.25, 0.3) is 5.69 Å². The van der Waals surface area contributed by atoms with E-state index in [0.717, 1.165) is 16.8 Å². The Bertz CT molecular complexity index is 978. The standard InChI is InChI=1S/C24H28N4O2/c1-17(2)22(27-23(29)20-11-9-18(3)10-12-20)24(30)25-14-13-19-15-26-28(16-19)21-7-5-4-6-8-21/h4-12,15-17,22H,13-14H2,1-3H3,(H,25,30)(H,27,29)/t22-/m0/s1. The number of carbonyl (C=O) groups excluding carboxylic acids is 2. The van der Waals surface area contributed by atoms with E-state index < -0.39 is 6.04 Å². The first-order valence-electron chi connectivity index (χ1n) is 10.2. The Kier molecular flexibility index (Phi) is 7.01. The molecule has 2 N–H and O–H groups in total. The normalized spacial score (nSPS) is 11.9. The van der Waals surface area contributed by atoms with E-state index in [2.05, 4.69) is 15.7 Å². The van der Waals surface area contributed by atoms with Crippen LogP contribution in [0, 0.1) is 12.8 Å². The zero-order valence-corrected chi connectivity index (χ0v) is 17.6. The molecule has 1 aromatic heterocycles. The van der Waals surface area contributed by atoms with Crippen molar-refractivity contribution >= 4 is 11.8 Å². The molecule has 0 aliphatic heterocycles. The van der Waals surface area contributed by atoms with Crippen molar-refractivity contribution in [3.05, 3.63) is 83.7 Å². The average Bonchev–Trinajstić information content (AvgIpc) is 3.21. The molecular weight excluding hydrogens is 376 g/mol. The second-order valence-electron chi connectivity index (χ2n) is 7.73. The van der Waals surface area contributed by atoms with Gasteiger partial charge in [-0.1, -0.05) is 49.7 Å².